The molecule has 0 nitrogen and oxygen atoms in total. The highest BCUT2D eigenvalue weighted by molar-refractivity contribution is 6.31. The van der Waals surface area contributed by atoms with Crippen LogP contribution in [0.2, 0.25) is 5.02 Å². The third kappa shape index (κ3) is 1.12. The van der Waals surface area contributed by atoms with Crippen molar-refractivity contribution in [3.05, 3.63) is 34.4 Å². The summed E-state index contributed by atoms with van der Waals surface area (Å²) in [5.74, 6) is -1.06. The normalized spacial score (nSPS) is 10.0. The molecule has 0 saturated heterocycles. The van der Waals surface area contributed by atoms with Crippen LogP contribution >= 0.6 is 11.6 Å². The first-order chi connectivity index (χ1) is 4.63. The Hall–Kier alpha value is -0.630. The Morgan fingerprint density at radius 1 is 1.20 bits per heavy atom. The second-order valence-electron chi connectivity index (χ2n) is 1.97. The maximum absolute atomic E-state index is 12.5. The molecule has 3 heteroatoms. The summed E-state index contributed by atoms with van der Waals surface area (Å²) in [7, 11) is 0. The average molecular weight is 163 g/mol. The fraction of sp³-hybridized carbons (Fsp3) is 0.143. The van der Waals surface area contributed by atoms with Gasteiger partial charge in [-0.3, -0.25) is 0 Å². The average Bonchev–Trinajstić information content (AvgIpc) is 1.93. The van der Waals surface area contributed by atoms with Gasteiger partial charge in [0.2, 0.25) is 0 Å². The lowest BCUT2D eigenvalue weighted by Gasteiger charge is -1.98. The zero-order valence-corrected chi connectivity index (χ0v) is 6.04. The highest BCUT2D eigenvalue weighted by Gasteiger charge is 2.05. The van der Waals surface area contributed by atoms with Crippen LogP contribution < -0.4 is 0 Å². The first-order valence-corrected chi connectivity index (χ1v) is 3.11. The van der Waals surface area contributed by atoms with Gasteiger partial charge in [0.05, 0.1) is 5.02 Å². The first-order valence-electron chi connectivity index (χ1n) is 2.73. The second kappa shape index (κ2) is 2.54. The molecule has 0 heterocycles. The molecule has 0 amide bonds. The van der Waals surface area contributed by atoms with Gasteiger partial charge in [0.25, 0.3) is 0 Å². The smallest absolute Gasteiger partial charge is 0.142 e. The van der Waals surface area contributed by atoms with Gasteiger partial charge in [-0.15, -0.1) is 0 Å². The lowest BCUT2D eigenvalue weighted by Crippen LogP contribution is -1.86. The van der Waals surface area contributed by atoms with Crippen LogP contribution in [0.1, 0.15) is 5.56 Å². The molecule has 0 saturated carbocycles. The fourth-order valence-electron chi connectivity index (χ4n) is 0.628. The molecule has 1 aromatic carbocycles. The Balaban J connectivity index is 3.34. The lowest BCUT2D eigenvalue weighted by molar-refractivity contribution is 0.593. The standard InChI is InChI=1S/C7H5ClF2/c1-4-5(9)2-3-6(10)7(4)8/h2-3H,1H3. The van der Waals surface area contributed by atoms with E-state index in [4.69, 9.17) is 11.6 Å². The van der Waals surface area contributed by atoms with E-state index >= 15 is 0 Å². The van der Waals surface area contributed by atoms with Gasteiger partial charge in [-0.2, -0.15) is 0 Å². The minimum Gasteiger partial charge on any atom is -0.207 e. The Morgan fingerprint density at radius 2 is 1.70 bits per heavy atom. The largest absolute Gasteiger partial charge is 0.207 e. The Bertz CT molecular complexity index is 231. The van der Waals surface area contributed by atoms with Crippen molar-refractivity contribution in [3.8, 4) is 0 Å². The van der Waals surface area contributed by atoms with Gasteiger partial charge in [-0.25, -0.2) is 8.78 Å². The molecule has 0 unspecified atom stereocenters. The van der Waals surface area contributed by atoms with E-state index in [1.165, 1.54) is 6.92 Å². The van der Waals surface area contributed by atoms with Crippen molar-refractivity contribution in [2.45, 2.75) is 6.92 Å². The predicted octanol–water partition coefficient (Wildman–Crippen LogP) is 2.93. The van der Waals surface area contributed by atoms with Crippen molar-refractivity contribution >= 4 is 11.6 Å². The highest BCUT2D eigenvalue weighted by Crippen LogP contribution is 2.20. The van der Waals surface area contributed by atoms with Crippen LogP contribution in [0.15, 0.2) is 12.1 Å². The van der Waals surface area contributed by atoms with E-state index in [1.807, 2.05) is 0 Å². The van der Waals surface area contributed by atoms with Gasteiger partial charge in [-0.05, 0) is 19.1 Å². The Kier molecular flexibility index (Phi) is 1.90. The van der Waals surface area contributed by atoms with E-state index in [9.17, 15) is 8.78 Å². The molecule has 0 radical (unpaired) electrons. The second-order valence-corrected chi connectivity index (χ2v) is 2.35. The number of rotatable bonds is 0. The molecule has 10 heavy (non-hydrogen) atoms. The maximum atomic E-state index is 12.5. The van der Waals surface area contributed by atoms with Gasteiger partial charge in [0.1, 0.15) is 11.6 Å². The van der Waals surface area contributed by atoms with Crippen molar-refractivity contribution in [2.75, 3.05) is 0 Å². The van der Waals surface area contributed by atoms with Crippen LogP contribution in [0, 0.1) is 18.6 Å². The van der Waals surface area contributed by atoms with Crippen LogP contribution in [0.4, 0.5) is 8.78 Å². The summed E-state index contributed by atoms with van der Waals surface area (Å²) in [4.78, 5) is 0. The summed E-state index contributed by atoms with van der Waals surface area (Å²) < 4.78 is 25.0. The molecular formula is C7H5ClF2. The van der Waals surface area contributed by atoms with Gasteiger partial charge < -0.3 is 0 Å². The fourth-order valence-corrected chi connectivity index (χ4v) is 0.782. The zero-order chi connectivity index (χ0) is 7.72. The quantitative estimate of drug-likeness (QED) is 0.515. The first kappa shape index (κ1) is 7.48. The van der Waals surface area contributed by atoms with E-state index in [2.05, 4.69) is 0 Å². The summed E-state index contributed by atoms with van der Waals surface area (Å²) in [6, 6.07) is 2.06. The Labute approximate surface area is 62.4 Å². The predicted molar refractivity (Wildman–Crippen MR) is 36.1 cm³/mol. The van der Waals surface area contributed by atoms with Gasteiger partial charge >= 0.3 is 0 Å². The van der Waals surface area contributed by atoms with Crippen LogP contribution in [-0.2, 0) is 0 Å². The number of benzene rings is 1. The molecule has 0 aliphatic rings. The van der Waals surface area contributed by atoms with Crippen molar-refractivity contribution in [2.24, 2.45) is 0 Å². The monoisotopic (exact) mass is 162 g/mol. The molecular weight excluding hydrogens is 158 g/mol. The summed E-state index contributed by atoms with van der Waals surface area (Å²) >= 11 is 5.37. The minimum atomic E-state index is -0.583. The maximum Gasteiger partial charge on any atom is 0.142 e. The molecule has 0 N–H and O–H groups in total. The number of halogens is 3. The van der Waals surface area contributed by atoms with Gasteiger partial charge in [0.15, 0.2) is 0 Å². The van der Waals surface area contributed by atoms with E-state index < -0.39 is 11.6 Å². The molecule has 1 aromatic rings. The number of hydrogen-bond donors (Lipinski definition) is 0. The summed E-state index contributed by atoms with van der Waals surface area (Å²) in [5.41, 5.74) is 0.154. The van der Waals surface area contributed by atoms with Crippen molar-refractivity contribution < 1.29 is 8.78 Å². The zero-order valence-electron chi connectivity index (χ0n) is 5.29. The summed E-state index contributed by atoms with van der Waals surface area (Å²) in [5, 5.41) is -0.139. The van der Waals surface area contributed by atoms with E-state index in [0.717, 1.165) is 12.1 Å². The van der Waals surface area contributed by atoms with E-state index in [0.29, 0.717) is 0 Å². The lowest BCUT2D eigenvalue weighted by atomic mass is 10.2. The van der Waals surface area contributed by atoms with Crippen molar-refractivity contribution in [1.29, 1.82) is 0 Å². The van der Waals surface area contributed by atoms with Crippen LogP contribution in [0.3, 0.4) is 0 Å². The van der Waals surface area contributed by atoms with E-state index in [-0.39, 0.29) is 10.6 Å². The molecule has 54 valence electrons. The summed E-state index contributed by atoms with van der Waals surface area (Å²) in [6.07, 6.45) is 0. The third-order valence-electron chi connectivity index (χ3n) is 1.27. The molecule has 0 aliphatic heterocycles. The highest BCUT2D eigenvalue weighted by atomic mass is 35.5. The van der Waals surface area contributed by atoms with Crippen LogP contribution in [0.25, 0.3) is 0 Å². The molecule has 0 atom stereocenters. The summed E-state index contributed by atoms with van der Waals surface area (Å²) in [6.45, 7) is 1.43. The molecule has 0 spiro atoms. The molecule has 0 fully saturated rings. The third-order valence-corrected chi connectivity index (χ3v) is 1.74. The van der Waals surface area contributed by atoms with Crippen LogP contribution in [0.5, 0.6) is 0 Å². The van der Waals surface area contributed by atoms with Crippen molar-refractivity contribution in [1.82, 2.24) is 0 Å². The Morgan fingerprint density at radius 3 is 2.20 bits per heavy atom. The number of hydrogen-bond acceptors (Lipinski definition) is 0. The minimum absolute atomic E-state index is 0.139. The molecule has 1 rings (SSSR count). The van der Waals surface area contributed by atoms with Gasteiger partial charge in [-0.1, -0.05) is 11.6 Å². The molecule has 0 aromatic heterocycles. The van der Waals surface area contributed by atoms with Crippen LogP contribution in [-0.4, -0.2) is 0 Å². The van der Waals surface area contributed by atoms with Crippen molar-refractivity contribution in [3.63, 3.8) is 0 Å². The SMILES string of the molecule is Cc1c(F)ccc(F)c1Cl. The van der Waals surface area contributed by atoms with Gasteiger partial charge in [0, 0.05) is 5.56 Å². The van der Waals surface area contributed by atoms with E-state index in [1.54, 1.807) is 0 Å². The molecule has 0 aliphatic carbocycles. The molecule has 0 bridgehead atoms. The topological polar surface area (TPSA) is 0 Å².